The van der Waals surface area contributed by atoms with Crippen LogP contribution in [0.4, 0.5) is 0 Å². The molecule has 2 heterocycles. The van der Waals surface area contributed by atoms with Crippen LogP contribution >= 0.6 is 0 Å². The quantitative estimate of drug-likeness (QED) is 0.591. The van der Waals surface area contributed by atoms with Gasteiger partial charge in [-0.2, -0.15) is 4.98 Å². The first-order valence-electron chi connectivity index (χ1n) is 6.84. The second-order valence-corrected chi connectivity index (χ2v) is 4.75. The molecule has 0 aliphatic carbocycles. The molecule has 0 saturated carbocycles. The Balaban J connectivity index is 2.03. The van der Waals surface area contributed by atoms with E-state index < -0.39 is 5.97 Å². The van der Waals surface area contributed by atoms with Gasteiger partial charge < -0.3 is 9.84 Å². The lowest BCUT2D eigenvalue weighted by molar-refractivity contribution is -0.134. The first kappa shape index (κ1) is 14.6. The lowest BCUT2D eigenvalue weighted by atomic mass is 10.1. The number of hydrogen-bond donors (Lipinski definition) is 1. The third-order valence-corrected chi connectivity index (χ3v) is 3.23. The average Bonchev–Trinajstić information content (AvgIpc) is 2.60. The lowest BCUT2D eigenvalue weighted by Crippen LogP contribution is -1.94. The van der Waals surface area contributed by atoms with E-state index in [1.807, 2.05) is 6.07 Å². The average molecular weight is 307 g/mol. The van der Waals surface area contributed by atoms with Crippen molar-refractivity contribution in [2.75, 3.05) is 7.11 Å². The molecule has 0 radical (unpaired) electrons. The molecule has 1 aromatic carbocycles. The second kappa shape index (κ2) is 6.23. The van der Waals surface area contributed by atoms with Gasteiger partial charge in [0.25, 0.3) is 0 Å². The summed E-state index contributed by atoms with van der Waals surface area (Å²) in [5.41, 5.74) is 2.06. The highest BCUT2D eigenvalue weighted by Gasteiger charge is 2.09. The number of benzene rings is 1. The smallest absolute Gasteiger partial charge is 0.330 e. The van der Waals surface area contributed by atoms with Gasteiger partial charge in [-0.1, -0.05) is 6.07 Å². The number of rotatable bonds is 3. The molecule has 0 atom stereocenters. The molecule has 0 amide bonds. The number of ether oxygens (including phenoxy) is 1. The highest BCUT2D eigenvalue weighted by atomic mass is 16.5. The Morgan fingerprint density at radius 3 is 2.87 bits per heavy atom. The van der Waals surface area contributed by atoms with Crippen molar-refractivity contribution in [3.63, 3.8) is 0 Å². The van der Waals surface area contributed by atoms with Gasteiger partial charge in [-0.05, 0) is 35.9 Å². The summed E-state index contributed by atoms with van der Waals surface area (Å²) in [6.45, 7) is 0. The highest BCUT2D eigenvalue weighted by Crippen LogP contribution is 2.26. The number of esters is 1. The van der Waals surface area contributed by atoms with Gasteiger partial charge in [0.05, 0.1) is 18.0 Å². The molecule has 0 unspecified atom stereocenters. The molecular formula is C17H13N3O3. The van der Waals surface area contributed by atoms with Crippen molar-refractivity contribution >= 4 is 22.9 Å². The zero-order chi connectivity index (χ0) is 16.2. The van der Waals surface area contributed by atoms with Crippen LogP contribution < -0.4 is 0 Å². The number of nitrogens with zero attached hydrogens (tertiary/aromatic N) is 3. The Kier molecular flexibility index (Phi) is 3.97. The van der Waals surface area contributed by atoms with Gasteiger partial charge >= 0.3 is 5.97 Å². The monoisotopic (exact) mass is 307 g/mol. The maximum Gasteiger partial charge on any atom is 0.330 e. The largest absolute Gasteiger partial charge is 0.493 e. The van der Waals surface area contributed by atoms with Crippen molar-refractivity contribution in [2.45, 2.75) is 0 Å². The standard InChI is InChI=1S/C17H13N3O3/c1-23-15(21)7-5-11-4-6-14-13(9-11)17(22)20-16(19-14)12-3-2-8-18-10-12/h2-10H,1H3,(H,19,20,22)/b7-5+. The minimum absolute atomic E-state index is 0.123. The summed E-state index contributed by atoms with van der Waals surface area (Å²) in [4.78, 5) is 23.7. The van der Waals surface area contributed by atoms with Crippen molar-refractivity contribution in [2.24, 2.45) is 0 Å². The highest BCUT2D eigenvalue weighted by molar-refractivity contribution is 5.90. The Morgan fingerprint density at radius 2 is 2.13 bits per heavy atom. The van der Waals surface area contributed by atoms with Crippen LogP contribution in [0.15, 0.2) is 48.8 Å². The molecule has 23 heavy (non-hydrogen) atoms. The molecular weight excluding hydrogens is 294 g/mol. The van der Waals surface area contributed by atoms with Gasteiger partial charge in [0, 0.05) is 24.0 Å². The number of aromatic hydroxyl groups is 1. The van der Waals surface area contributed by atoms with Crippen LogP contribution in [0.2, 0.25) is 0 Å². The normalized spacial score (nSPS) is 11.0. The SMILES string of the molecule is COC(=O)/C=C/c1ccc2nc(-c3cccnc3)nc(O)c2c1. The predicted molar refractivity (Wildman–Crippen MR) is 85.5 cm³/mol. The molecule has 114 valence electrons. The fourth-order valence-corrected chi connectivity index (χ4v) is 2.09. The van der Waals surface area contributed by atoms with Crippen LogP contribution in [0.5, 0.6) is 5.88 Å². The summed E-state index contributed by atoms with van der Waals surface area (Å²) in [5, 5.41) is 10.7. The van der Waals surface area contributed by atoms with Gasteiger partial charge in [0.2, 0.25) is 5.88 Å². The van der Waals surface area contributed by atoms with E-state index in [2.05, 4.69) is 19.7 Å². The number of fused-ring (bicyclic) bond motifs is 1. The van der Waals surface area contributed by atoms with E-state index in [4.69, 9.17) is 0 Å². The number of aromatic nitrogens is 3. The third-order valence-electron chi connectivity index (χ3n) is 3.23. The van der Waals surface area contributed by atoms with Crippen molar-refractivity contribution in [1.29, 1.82) is 0 Å². The van der Waals surface area contributed by atoms with E-state index >= 15 is 0 Å². The van der Waals surface area contributed by atoms with E-state index in [0.717, 1.165) is 11.1 Å². The summed E-state index contributed by atoms with van der Waals surface area (Å²) in [6, 6.07) is 8.85. The summed E-state index contributed by atoms with van der Waals surface area (Å²) in [7, 11) is 1.31. The lowest BCUT2D eigenvalue weighted by Gasteiger charge is -2.05. The van der Waals surface area contributed by atoms with Gasteiger partial charge in [-0.3, -0.25) is 4.98 Å². The van der Waals surface area contributed by atoms with Crippen molar-refractivity contribution in [1.82, 2.24) is 15.0 Å². The van der Waals surface area contributed by atoms with E-state index in [-0.39, 0.29) is 5.88 Å². The Morgan fingerprint density at radius 1 is 1.26 bits per heavy atom. The fourth-order valence-electron chi connectivity index (χ4n) is 2.09. The van der Waals surface area contributed by atoms with Crippen LogP contribution in [0.25, 0.3) is 28.4 Å². The minimum atomic E-state index is -0.447. The zero-order valence-corrected chi connectivity index (χ0v) is 12.3. The molecule has 0 bridgehead atoms. The molecule has 6 heteroatoms. The van der Waals surface area contributed by atoms with Crippen LogP contribution in [-0.2, 0) is 9.53 Å². The fraction of sp³-hybridized carbons (Fsp3) is 0.0588. The van der Waals surface area contributed by atoms with E-state index in [0.29, 0.717) is 16.7 Å². The molecule has 0 aliphatic rings. The van der Waals surface area contributed by atoms with Crippen LogP contribution in [0.1, 0.15) is 5.56 Å². The molecule has 0 saturated heterocycles. The summed E-state index contributed by atoms with van der Waals surface area (Å²) in [5.74, 6) is -0.166. The van der Waals surface area contributed by atoms with E-state index in [9.17, 15) is 9.90 Å². The van der Waals surface area contributed by atoms with Crippen molar-refractivity contribution in [3.05, 3.63) is 54.4 Å². The summed E-state index contributed by atoms with van der Waals surface area (Å²) in [6.07, 6.45) is 6.20. The predicted octanol–water partition coefficient (Wildman–Crippen LogP) is 2.58. The Bertz CT molecular complexity index is 892. The number of methoxy groups -OCH3 is 1. The molecule has 0 spiro atoms. The molecule has 0 fully saturated rings. The Hall–Kier alpha value is -3.28. The summed E-state index contributed by atoms with van der Waals surface area (Å²) < 4.78 is 4.54. The third kappa shape index (κ3) is 3.16. The van der Waals surface area contributed by atoms with Gasteiger partial charge in [-0.25, -0.2) is 9.78 Å². The zero-order valence-electron chi connectivity index (χ0n) is 12.3. The van der Waals surface area contributed by atoms with Gasteiger partial charge in [0.15, 0.2) is 5.82 Å². The van der Waals surface area contributed by atoms with E-state index in [1.54, 1.807) is 42.7 Å². The van der Waals surface area contributed by atoms with E-state index in [1.165, 1.54) is 13.2 Å². The molecule has 3 aromatic rings. The van der Waals surface area contributed by atoms with Crippen LogP contribution in [0, 0.1) is 0 Å². The summed E-state index contributed by atoms with van der Waals surface area (Å²) >= 11 is 0. The molecule has 1 N–H and O–H groups in total. The maximum atomic E-state index is 11.1. The maximum absolute atomic E-state index is 11.1. The van der Waals surface area contributed by atoms with Gasteiger partial charge in [0.1, 0.15) is 0 Å². The number of pyridine rings is 1. The van der Waals surface area contributed by atoms with Crippen LogP contribution in [0.3, 0.4) is 0 Å². The topological polar surface area (TPSA) is 85.2 Å². The number of carbonyl (C=O) groups is 1. The van der Waals surface area contributed by atoms with Crippen molar-refractivity contribution in [3.8, 4) is 17.3 Å². The first-order chi connectivity index (χ1) is 11.2. The molecule has 0 aliphatic heterocycles. The van der Waals surface area contributed by atoms with Crippen molar-refractivity contribution < 1.29 is 14.6 Å². The molecule has 3 rings (SSSR count). The molecule has 2 aromatic heterocycles. The number of carbonyl (C=O) groups excluding carboxylic acids is 1. The van der Waals surface area contributed by atoms with Crippen LogP contribution in [-0.4, -0.2) is 33.1 Å². The number of hydrogen-bond acceptors (Lipinski definition) is 6. The molecule has 6 nitrogen and oxygen atoms in total. The van der Waals surface area contributed by atoms with Gasteiger partial charge in [-0.15, -0.1) is 0 Å². The minimum Gasteiger partial charge on any atom is -0.493 e. The Labute approximate surface area is 132 Å². The second-order valence-electron chi connectivity index (χ2n) is 4.75. The first-order valence-corrected chi connectivity index (χ1v) is 6.84.